The minimum Gasteiger partial charge on any atom is -0.482 e. The molecule has 0 radical (unpaired) electrons. The quantitative estimate of drug-likeness (QED) is 0.693. The van der Waals surface area contributed by atoms with Crippen molar-refractivity contribution >= 4 is 17.7 Å². The molecule has 7 nitrogen and oxygen atoms in total. The van der Waals surface area contributed by atoms with E-state index in [1.807, 2.05) is 19.1 Å². The number of aromatic amines is 1. The summed E-state index contributed by atoms with van der Waals surface area (Å²) in [5.74, 6) is -0.641. The zero-order valence-electron chi connectivity index (χ0n) is 15.1. The molecule has 3 N–H and O–H groups in total. The Hall–Kier alpha value is -3.09. The minimum atomic E-state index is -1.02. The Morgan fingerprint density at radius 1 is 1.22 bits per heavy atom. The van der Waals surface area contributed by atoms with Gasteiger partial charge in [-0.25, -0.2) is 4.79 Å². The second-order valence-electron chi connectivity index (χ2n) is 6.59. The fourth-order valence-corrected chi connectivity index (χ4v) is 3.31. The van der Waals surface area contributed by atoms with Crippen LogP contribution in [-0.4, -0.2) is 40.9 Å². The molecule has 1 aliphatic carbocycles. The molecule has 0 saturated heterocycles. The van der Waals surface area contributed by atoms with Crippen molar-refractivity contribution in [3.63, 3.8) is 0 Å². The predicted molar refractivity (Wildman–Crippen MR) is 98.4 cm³/mol. The maximum Gasteiger partial charge on any atom is 0.341 e. The van der Waals surface area contributed by atoms with Crippen LogP contribution in [0.3, 0.4) is 0 Å². The van der Waals surface area contributed by atoms with E-state index in [4.69, 9.17) is 9.84 Å². The van der Waals surface area contributed by atoms with E-state index in [2.05, 4.69) is 10.3 Å². The highest BCUT2D eigenvalue weighted by molar-refractivity contribution is 6.04. The van der Waals surface area contributed by atoms with Crippen LogP contribution in [0, 0.1) is 6.92 Å². The van der Waals surface area contributed by atoms with Crippen LogP contribution >= 0.6 is 0 Å². The number of aliphatic carboxylic acids is 1. The predicted octanol–water partition coefficient (Wildman–Crippen LogP) is 2.28. The molecule has 0 saturated carbocycles. The van der Waals surface area contributed by atoms with Gasteiger partial charge in [-0.05, 0) is 49.4 Å². The molecule has 27 heavy (non-hydrogen) atoms. The third-order valence-electron chi connectivity index (χ3n) is 4.65. The van der Waals surface area contributed by atoms with E-state index >= 15 is 0 Å². The van der Waals surface area contributed by atoms with Gasteiger partial charge in [-0.15, -0.1) is 0 Å². The van der Waals surface area contributed by atoms with Crippen molar-refractivity contribution in [2.45, 2.75) is 32.6 Å². The number of hydrogen-bond acceptors (Lipinski definition) is 4. The number of benzene rings is 1. The van der Waals surface area contributed by atoms with Crippen molar-refractivity contribution < 1.29 is 24.2 Å². The lowest BCUT2D eigenvalue weighted by atomic mass is 9.94. The lowest BCUT2D eigenvalue weighted by molar-refractivity contribution is -0.139. The monoisotopic (exact) mass is 370 g/mol. The summed E-state index contributed by atoms with van der Waals surface area (Å²) in [5.41, 5.74) is 3.74. The fourth-order valence-electron chi connectivity index (χ4n) is 3.31. The molecule has 7 heteroatoms. The van der Waals surface area contributed by atoms with Gasteiger partial charge in [0.1, 0.15) is 11.4 Å². The summed E-state index contributed by atoms with van der Waals surface area (Å²) in [5, 5.41) is 11.5. The highest BCUT2D eigenvalue weighted by Gasteiger charge is 2.26. The van der Waals surface area contributed by atoms with Gasteiger partial charge >= 0.3 is 5.97 Å². The molecular weight excluding hydrogens is 348 g/mol. The highest BCUT2D eigenvalue weighted by atomic mass is 16.5. The molecule has 1 aromatic heterocycles. The van der Waals surface area contributed by atoms with E-state index in [0.29, 0.717) is 36.4 Å². The summed E-state index contributed by atoms with van der Waals surface area (Å²) in [4.78, 5) is 38.1. The van der Waals surface area contributed by atoms with Gasteiger partial charge in [-0.2, -0.15) is 0 Å². The number of aryl methyl sites for hydroxylation is 1. The number of carboxylic acid groups (broad SMARTS) is 1. The summed E-state index contributed by atoms with van der Waals surface area (Å²) in [6, 6.07) is 7.07. The number of rotatable bonds is 7. The molecule has 1 aliphatic rings. The number of carbonyl (C=O) groups excluding carboxylic acids is 2. The van der Waals surface area contributed by atoms with E-state index in [1.54, 1.807) is 12.1 Å². The second kappa shape index (κ2) is 8.07. The maximum absolute atomic E-state index is 12.5. The molecule has 2 aromatic rings. The molecule has 142 valence electrons. The first-order valence-electron chi connectivity index (χ1n) is 8.92. The van der Waals surface area contributed by atoms with Gasteiger partial charge in [0.15, 0.2) is 12.4 Å². The molecule has 0 atom stereocenters. The van der Waals surface area contributed by atoms with E-state index in [9.17, 15) is 14.4 Å². The highest BCUT2D eigenvalue weighted by Crippen LogP contribution is 2.26. The molecule has 1 amide bonds. The number of aromatic nitrogens is 1. The zero-order valence-corrected chi connectivity index (χ0v) is 15.1. The first-order chi connectivity index (χ1) is 13.0. The maximum atomic E-state index is 12.5. The largest absolute Gasteiger partial charge is 0.482 e. The summed E-state index contributed by atoms with van der Waals surface area (Å²) in [6.07, 6.45) is 2.78. The van der Waals surface area contributed by atoms with Crippen molar-refractivity contribution in [1.29, 1.82) is 0 Å². The Labute approximate surface area is 156 Å². The molecule has 3 rings (SSSR count). The average molecular weight is 370 g/mol. The Morgan fingerprint density at radius 2 is 1.96 bits per heavy atom. The van der Waals surface area contributed by atoms with Crippen LogP contribution in [0.2, 0.25) is 0 Å². The standard InChI is InChI=1S/C20H22N2O5/c1-12-18-15(3-2-4-16(18)23)22-19(12)20(26)21-10-9-13-5-7-14(8-6-13)27-11-17(24)25/h5-8,22H,2-4,9-11H2,1H3,(H,21,26)(H,24,25). The smallest absolute Gasteiger partial charge is 0.341 e. The van der Waals surface area contributed by atoms with Gasteiger partial charge in [0.25, 0.3) is 5.91 Å². The Balaban J connectivity index is 1.54. The number of carbonyl (C=O) groups is 3. The number of amides is 1. The average Bonchev–Trinajstić information content (AvgIpc) is 2.99. The summed E-state index contributed by atoms with van der Waals surface area (Å²) in [6.45, 7) is 1.88. The van der Waals surface area contributed by atoms with Crippen molar-refractivity contribution in [2.75, 3.05) is 13.2 Å². The van der Waals surface area contributed by atoms with Gasteiger partial charge in [-0.3, -0.25) is 9.59 Å². The van der Waals surface area contributed by atoms with Crippen LogP contribution in [0.25, 0.3) is 0 Å². The third-order valence-corrected chi connectivity index (χ3v) is 4.65. The number of ketones is 1. The Morgan fingerprint density at radius 3 is 2.63 bits per heavy atom. The van der Waals surface area contributed by atoms with E-state index in [-0.39, 0.29) is 18.3 Å². The van der Waals surface area contributed by atoms with Gasteiger partial charge in [0, 0.05) is 24.2 Å². The van der Waals surface area contributed by atoms with Crippen molar-refractivity contribution in [2.24, 2.45) is 0 Å². The van der Waals surface area contributed by atoms with Crippen LogP contribution < -0.4 is 10.1 Å². The lowest BCUT2D eigenvalue weighted by Crippen LogP contribution is -2.26. The number of carboxylic acids is 1. The van der Waals surface area contributed by atoms with Crippen molar-refractivity contribution in [1.82, 2.24) is 10.3 Å². The SMILES string of the molecule is Cc1c(C(=O)NCCc2ccc(OCC(=O)O)cc2)[nH]c2c1C(=O)CCC2. The number of hydrogen-bond donors (Lipinski definition) is 3. The number of H-pyrrole nitrogens is 1. The number of ether oxygens (including phenoxy) is 1. The molecule has 0 aliphatic heterocycles. The first kappa shape index (κ1) is 18.7. The van der Waals surface area contributed by atoms with Crippen LogP contribution in [0.15, 0.2) is 24.3 Å². The normalized spacial score (nSPS) is 13.1. The van der Waals surface area contributed by atoms with Crippen LogP contribution in [-0.2, 0) is 17.6 Å². The molecule has 1 heterocycles. The number of nitrogens with one attached hydrogen (secondary N) is 2. The Kier molecular flexibility index (Phi) is 5.59. The van der Waals surface area contributed by atoms with E-state index in [0.717, 1.165) is 29.7 Å². The van der Waals surface area contributed by atoms with Gasteiger partial charge in [-0.1, -0.05) is 12.1 Å². The summed E-state index contributed by atoms with van der Waals surface area (Å²) in [7, 11) is 0. The number of Topliss-reactive ketones (excluding diaryl/α,β-unsaturated/α-hetero) is 1. The molecular formula is C20H22N2O5. The number of fused-ring (bicyclic) bond motifs is 1. The minimum absolute atomic E-state index is 0.106. The van der Waals surface area contributed by atoms with Gasteiger partial charge in [0.05, 0.1) is 0 Å². The molecule has 0 unspecified atom stereocenters. The molecule has 1 aromatic carbocycles. The van der Waals surface area contributed by atoms with Crippen molar-refractivity contribution in [3.05, 3.63) is 52.3 Å². The van der Waals surface area contributed by atoms with E-state index < -0.39 is 5.97 Å². The summed E-state index contributed by atoms with van der Waals surface area (Å²) >= 11 is 0. The summed E-state index contributed by atoms with van der Waals surface area (Å²) < 4.78 is 5.08. The first-order valence-corrected chi connectivity index (χ1v) is 8.92. The Bertz CT molecular complexity index is 867. The third kappa shape index (κ3) is 4.36. The van der Waals surface area contributed by atoms with Crippen LogP contribution in [0.5, 0.6) is 5.75 Å². The van der Waals surface area contributed by atoms with Crippen LogP contribution in [0.4, 0.5) is 0 Å². The zero-order chi connectivity index (χ0) is 19.4. The van der Waals surface area contributed by atoms with Gasteiger partial charge in [0.2, 0.25) is 0 Å². The molecule has 0 fully saturated rings. The van der Waals surface area contributed by atoms with Gasteiger partial charge < -0.3 is 20.1 Å². The topological polar surface area (TPSA) is 108 Å². The lowest BCUT2D eigenvalue weighted by Gasteiger charge is -2.09. The van der Waals surface area contributed by atoms with Crippen molar-refractivity contribution in [3.8, 4) is 5.75 Å². The fraction of sp³-hybridized carbons (Fsp3) is 0.350. The van der Waals surface area contributed by atoms with E-state index in [1.165, 1.54) is 0 Å². The molecule has 0 spiro atoms. The molecule has 0 bridgehead atoms. The second-order valence-corrected chi connectivity index (χ2v) is 6.59. The van der Waals surface area contributed by atoms with Crippen LogP contribution in [0.1, 0.15) is 50.5 Å².